The summed E-state index contributed by atoms with van der Waals surface area (Å²) in [4.78, 5) is 20.7. The molecule has 0 unspecified atom stereocenters. The molecule has 170 valence electrons. The lowest BCUT2D eigenvalue weighted by atomic mass is 10.0. The zero-order valence-corrected chi connectivity index (χ0v) is 19.1. The molecule has 7 nitrogen and oxygen atoms in total. The maximum atomic E-state index is 13.4. The van der Waals surface area contributed by atoms with E-state index in [0.717, 1.165) is 37.2 Å². The largest absolute Gasteiger partial charge is 0.463 e. The fraction of sp³-hybridized carbons (Fsp3) is 0.560. The van der Waals surface area contributed by atoms with Crippen molar-refractivity contribution in [3.05, 3.63) is 36.2 Å². The molecule has 5 rings (SSSR count). The second-order valence-electron chi connectivity index (χ2n) is 9.65. The third kappa shape index (κ3) is 4.31. The molecule has 0 aromatic carbocycles. The molecule has 7 heteroatoms. The zero-order valence-electron chi connectivity index (χ0n) is 19.1. The Morgan fingerprint density at radius 1 is 1.22 bits per heavy atom. The molecular weight excluding hydrogens is 402 g/mol. The Hall–Kier alpha value is -2.67. The number of pyridine rings is 1. The van der Waals surface area contributed by atoms with E-state index < -0.39 is 0 Å². The minimum Gasteiger partial charge on any atom is -0.463 e. The van der Waals surface area contributed by atoms with E-state index in [9.17, 15) is 4.79 Å². The Morgan fingerprint density at radius 3 is 2.69 bits per heavy atom. The van der Waals surface area contributed by atoms with Crippen molar-refractivity contribution in [2.24, 2.45) is 5.92 Å². The zero-order chi connectivity index (χ0) is 22.1. The van der Waals surface area contributed by atoms with Crippen LogP contribution in [0.25, 0.3) is 22.5 Å². The van der Waals surface area contributed by atoms with Gasteiger partial charge in [0.2, 0.25) is 0 Å². The highest BCUT2D eigenvalue weighted by Crippen LogP contribution is 2.28. The number of piperidine rings is 1. The average molecular weight is 436 g/mol. The number of amides is 1. The predicted octanol–water partition coefficient (Wildman–Crippen LogP) is 4.66. The van der Waals surface area contributed by atoms with Gasteiger partial charge < -0.3 is 14.6 Å². The van der Waals surface area contributed by atoms with Crippen molar-refractivity contribution >= 4 is 16.9 Å². The summed E-state index contributed by atoms with van der Waals surface area (Å²) < 4.78 is 7.43. The summed E-state index contributed by atoms with van der Waals surface area (Å²) in [6, 6.07) is 5.88. The number of rotatable bonds is 6. The van der Waals surface area contributed by atoms with Gasteiger partial charge in [-0.2, -0.15) is 5.10 Å². The first-order valence-corrected chi connectivity index (χ1v) is 12.0. The van der Waals surface area contributed by atoms with E-state index in [1.54, 1.807) is 12.5 Å². The molecule has 1 aliphatic carbocycles. The molecule has 3 aromatic heterocycles. The van der Waals surface area contributed by atoms with Gasteiger partial charge in [-0.15, -0.1) is 0 Å². The van der Waals surface area contributed by atoms with Crippen molar-refractivity contribution in [1.29, 1.82) is 0 Å². The van der Waals surface area contributed by atoms with Gasteiger partial charge in [0.15, 0.2) is 11.4 Å². The first kappa shape index (κ1) is 21.2. The van der Waals surface area contributed by atoms with E-state index in [1.165, 1.54) is 32.2 Å². The number of carbonyl (C=O) groups is 1. The van der Waals surface area contributed by atoms with Crippen LogP contribution >= 0.6 is 0 Å². The standard InChI is InChI=1S/C25H33N5O2/c1-17(2)30-24-21(15-26-30)20(14-22(28-24)23-8-5-13-32-23)25(31)27-19-9-11-29(12-10-19)16-18-6-3-4-7-18/h5,8,13-15,17-19H,3-4,6-7,9-12,16H2,1-2H3,(H,27,31). The Labute approximate surface area is 189 Å². The Balaban J connectivity index is 1.33. The van der Waals surface area contributed by atoms with Crippen molar-refractivity contribution in [3.63, 3.8) is 0 Å². The van der Waals surface area contributed by atoms with E-state index in [-0.39, 0.29) is 18.0 Å². The van der Waals surface area contributed by atoms with Crippen molar-refractivity contribution < 1.29 is 9.21 Å². The summed E-state index contributed by atoms with van der Waals surface area (Å²) in [7, 11) is 0. The lowest BCUT2D eigenvalue weighted by Crippen LogP contribution is -2.45. The van der Waals surface area contributed by atoms with Gasteiger partial charge in [-0.25, -0.2) is 9.67 Å². The summed E-state index contributed by atoms with van der Waals surface area (Å²) in [5, 5.41) is 8.58. The molecule has 1 amide bonds. The van der Waals surface area contributed by atoms with Crippen molar-refractivity contribution in [3.8, 4) is 11.5 Å². The van der Waals surface area contributed by atoms with Crippen LogP contribution in [0.2, 0.25) is 0 Å². The van der Waals surface area contributed by atoms with Gasteiger partial charge in [-0.05, 0) is 63.6 Å². The molecule has 0 bridgehead atoms. The lowest BCUT2D eigenvalue weighted by molar-refractivity contribution is 0.0907. The number of hydrogen-bond donors (Lipinski definition) is 1. The Kier molecular flexibility index (Phi) is 6.00. The molecule has 0 radical (unpaired) electrons. The normalized spacial score (nSPS) is 18.7. The van der Waals surface area contributed by atoms with Crippen LogP contribution in [0.5, 0.6) is 0 Å². The number of carbonyl (C=O) groups excluding carboxylic acids is 1. The topological polar surface area (TPSA) is 76.2 Å². The highest BCUT2D eigenvalue weighted by Gasteiger charge is 2.26. The maximum absolute atomic E-state index is 13.4. The molecule has 32 heavy (non-hydrogen) atoms. The van der Waals surface area contributed by atoms with E-state index in [0.29, 0.717) is 22.7 Å². The molecule has 0 atom stereocenters. The third-order valence-corrected chi connectivity index (χ3v) is 6.99. The fourth-order valence-corrected chi connectivity index (χ4v) is 5.22. The molecule has 4 heterocycles. The highest BCUT2D eigenvalue weighted by molar-refractivity contribution is 6.06. The molecule has 1 saturated carbocycles. The number of fused-ring (bicyclic) bond motifs is 1. The van der Waals surface area contributed by atoms with Crippen molar-refractivity contribution in [2.75, 3.05) is 19.6 Å². The fourth-order valence-electron chi connectivity index (χ4n) is 5.22. The smallest absolute Gasteiger partial charge is 0.252 e. The molecule has 1 saturated heterocycles. The maximum Gasteiger partial charge on any atom is 0.252 e. The predicted molar refractivity (Wildman–Crippen MR) is 125 cm³/mol. The van der Waals surface area contributed by atoms with E-state index in [1.807, 2.05) is 22.9 Å². The van der Waals surface area contributed by atoms with Crippen LogP contribution in [0.15, 0.2) is 35.1 Å². The number of furan rings is 1. The van der Waals surface area contributed by atoms with Crippen LogP contribution < -0.4 is 5.32 Å². The summed E-state index contributed by atoms with van der Waals surface area (Å²) in [6.45, 7) is 7.48. The van der Waals surface area contributed by atoms with Crippen LogP contribution in [0.1, 0.15) is 68.8 Å². The molecular formula is C25H33N5O2. The first-order chi connectivity index (χ1) is 15.6. The Morgan fingerprint density at radius 2 is 2.00 bits per heavy atom. The van der Waals surface area contributed by atoms with Gasteiger partial charge in [0.25, 0.3) is 5.91 Å². The van der Waals surface area contributed by atoms with Gasteiger partial charge in [-0.3, -0.25) is 4.79 Å². The second kappa shape index (κ2) is 9.06. The molecule has 1 N–H and O–H groups in total. The summed E-state index contributed by atoms with van der Waals surface area (Å²) >= 11 is 0. The molecule has 1 aliphatic heterocycles. The quantitative estimate of drug-likeness (QED) is 0.610. The number of likely N-dealkylation sites (tertiary alicyclic amines) is 1. The van der Waals surface area contributed by atoms with Gasteiger partial charge in [0.1, 0.15) is 5.69 Å². The summed E-state index contributed by atoms with van der Waals surface area (Å²) in [5.41, 5.74) is 1.98. The van der Waals surface area contributed by atoms with Crippen molar-refractivity contribution in [1.82, 2.24) is 25.0 Å². The molecule has 2 fully saturated rings. The van der Waals surface area contributed by atoms with E-state index in [4.69, 9.17) is 9.40 Å². The van der Waals surface area contributed by atoms with Crippen LogP contribution in [-0.4, -0.2) is 51.2 Å². The van der Waals surface area contributed by atoms with Gasteiger partial charge in [-0.1, -0.05) is 12.8 Å². The number of aromatic nitrogens is 3. The van der Waals surface area contributed by atoms with E-state index in [2.05, 4.69) is 29.2 Å². The van der Waals surface area contributed by atoms with Crippen LogP contribution in [0.3, 0.4) is 0 Å². The first-order valence-electron chi connectivity index (χ1n) is 12.0. The van der Waals surface area contributed by atoms with Crippen LogP contribution in [-0.2, 0) is 0 Å². The number of nitrogens with one attached hydrogen (secondary N) is 1. The van der Waals surface area contributed by atoms with Gasteiger partial charge >= 0.3 is 0 Å². The SMILES string of the molecule is CC(C)n1ncc2c(C(=O)NC3CCN(CC4CCCC4)CC3)cc(-c3ccco3)nc21. The lowest BCUT2D eigenvalue weighted by Gasteiger charge is -2.33. The Bertz CT molecular complexity index is 1060. The van der Waals surface area contributed by atoms with Gasteiger partial charge in [0.05, 0.1) is 23.4 Å². The summed E-state index contributed by atoms with van der Waals surface area (Å²) in [6.07, 6.45) is 10.9. The van der Waals surface area contributed by atoms with E-state index >= 15 is 0 Å². The summed E-state index contributed by atoms with van der Waals surface area (Å²) in [5.74, 6) is 1.48. The van der Waals surface area contributed by atoms with Gasteiger partial charge in [0, 0.05) is 31.7 Å². The minimum absolute atomic E-state index is 0.0530. The second-order valence-corrected chi connectivity index (χ2v) is 9.65. The molecule has 3 aromatic rings. The third-order valence-electron chi connectivity index (χ3n) is 6.99. The van der Waals surface area contributed by atoms with Crippen molar-refractivity contribution in [2.45, 2.75) is 64.5 Å². The average Bonchev–Trinajstić information content (AvgIpc) is 3.55. The van der Waals surface area contributed by atoms with Crippen LogP contribution in [0, 0.1) is 5.92 Å². The molecule has 0 spiro atoms. The monoisotopic (exact) mass is 435 g/mol. The highest BCUT2D eigenvalue weighted by atomic mass is 16.3. The number of hydrogen-bond acceptors (Lipinski definition) is 5. The number of nitrogens with zero attached hydrogens (tertiary/aromatic N) is 4. The van der Waals surface area contributed by atoms with Crippen LogP contribution in [0.4, 0.5) is 0 Å². The molecule has 2 aliphatic rings. The minimum atomic E-state index is -0.0530.